The van der Waals surface area contributed by atoms with Crippen molar-refractivity contribution in [1.29, 1.82) is 0 Å². The first-order chi connectivity index (χ1) is 9.17. The van der Waals surface area contributed by atoms with Gasteiger partial charge in [-0.25, -0.2) is 4.39 Å². The minimum atomic E-state index is -0.298. The molecule has 2 atom stereocenters. The van der Waals surface area contributed by atoms with Crippen molar-refractivity contribution in [3.63, 3.8) is 0 Å². The molecule has 1 rings (SSSR count). The second kappa shape index (κ2) is 6.84. The lowest BCUT2D eigenvalue weighted by atomic mass is 9.87. The Hall–Kier alpha value is -1.42. The quantitative estimate of drug-likeness (QED) is 0.870. The molecule has 112 valence electrons. The fraction of sp³-hybridized carbons (Fsp3) is 0.562. The second-order valence-electron chi connectivity index (χ2n) is 6.57. The Labute approximate surface area is 120 Å². The highest BCUT2D eigenvalue weighted by molar-refractivity contribution is 5.77. The lowest BCUT2D eigenvalue weighted by molar-refractivity contribution is -0.122. The Morgan fingerprint density at radius 2 is 2.05 bits per heavy atom. The van der Waals surface area contributed by atoms with E-state index in [2.05, 4.69) is 26.1 Å². The van der Waals surface area contributed by atoms with Gasteiger partial charge in [-0.3, -0.25) is 4.79 Å². The van der Waals surface area contributed by atoms with E-state index in [1.165, 1.54) is 12.1 Å². The van der Waals surface area contributed by atoms with Crippen LogP contribution in [0.2, 0.25) is 0 Å². The maximum atomic E-state index is 13.1. The lowest BCUT2D eigenvalue weighted by Crippen LogP contribution is -2.35. The van der Waals surface area contributed by atoms with E-state index >= 15 is 0 Å². The second-order valence-corrected chi connectivity index (χ2v) is 6.57. The third-order valence-corrected chi connectivity index (χ3v) is 3.05. The van der Waals surface area contributed by atoms with Crippen LogP contribution in [0.4, 0.5) is 4.39 Å². The van der Waals surface area contributed by atoms with Crippen molar-refractivity contribution in [3.05, 3.63) is 35.6 Å². The van der Waals surface area contributed by atoms with Crippen LogP contribution in [-0.4, -0.2) is 11.9 Å². The smallest absolute Gasteiger partial charge is 0.222 e. The van der Waals surface area contributed by atoms with Crippen LogP contribution in [0.25, 0.3) is 0 Å². The van der Waals surface area contributed by atoms with Crippen LogP contribution in [0, 0.1) is 11.2 Å². The summed E-state index contributed by atoms with van der Waals surface area (Å²) in [5.74, 6) is -0.397. The van der Waals surface area contributed by atoms with E-state index in [9.17, 15) is 9.18 Å². The number of hydrogen-bond acceptors (Lipinski definition) is 2. The molecule has 4 heteroatoms. The number of rotatable bonds is 5. The van der Waals surface area contributed by atoms with E-state index in [0.29, 0.717) is 0 Å². The summed E-state index contributed by atoms with van der Waals surface area (Å²) in [7, 11) is 0. The molecule has 0 aliphatic carbocycles. The summed E-state index contributed by atoms with van der Waals surface area (Å²) in [6, 6.07) is 5.87. The number of carbonyl (C=O) groups excluding carboxylic acids is 1. The van der Waals surface area contributed by atoms with Crippen molar-refractivity contribution in [2.45, 2.75) is 52.6 Å². The average Bonchev–Trinajstić information content (AvgIpc) is 2.25. The molecule has 0 saturated heterocycles. The Bertz CT molecular complexity index is 454. The average molecular weight is 280 g/mol. The van der Waals surface area contributed by atoms with Crippen LogP contribution in [0.5, 0.6) is 0 Å². The van der Waals surface area contributed by atoms with Crippen LogP contribution in [0.15, 0.2) is 24.3 Å². The zero-order valence-corrected chi connectivity index (χ0v) is 12.7. The van der Waals surface area contributed by atoms with Gasteiger partial charge in [-0.15, -0.1) is 0 Å². The predicted octanol–water partition coefficient (Wildman–Crippen LogP) is 3.16. The Morgan fingerprint density at radius 1 is 1.40 bits per heavy atom. The number of halogens is 1. The molecule has 1 amide bonds. The zero-order chi connectivity index (χ0) is 15.3. The summed E-state index contributed by atoms with van der Waals surface area (Å²) in [6.07, 6.45) is 1.08. The van der Waals surface area contributed by atoms with E-state index in [0.717, 1.165) is 12.0 Å². The summed E-state index contributed by atoms with van der Waals surface area (Å²) in [5.41, 5.74) is 6.84. The SMILES string of the molecule is C[C@@H](NC(=O)CC(N)CC(C)(C)C)c1cccc(F)c1. The molecular weight excluding hydrogens is 255 g/mol. The number of amides is 1. The monoisotopic (exact) mass is 280 g/mol. The largest absolute Gasteiger partial charge is 0.350 e. The highest BCUT2D eigenvalue weighted by atomic mass is 19.1. The van der Waals surface area contributed by atoms with Gasteiger partial charge in [0.1, 0.15) is 5.82 Å². The molecule has 0 aliphatic heterocycles. The van der Waals surface area contributed by atoms with Crippen LogP contribution in [-0.2, 0) is 4.79 Å². The topological polar surface area (TPSA) is 55.1 Å². The normalized spacial score (nSPS) is 14.7. The molecule has 0 fully saturated rings. The van der Waals surface area contributed by atoms with E-state index in [-0.39, 0.29) is 35.6 Å². The van der Waals surface area contributed by atoms with Gasteiger partial charge >= 0.3 is 0 Å². The van der Waals surface area contributed by atoms with Gasteiger partial charge in [0.05, 0.1) is 6.04 Å². The van der Waals surface area contributed by atoms with Gasteiger partial charge in [-0.2, -0.15) is 0 Å². The first-order valence-electron chi connectivity index (χ1n) is 6.98. The van der Waals surface area contributed by atoms with Crippen molar-refractivity contribution in [1.82, 2.24) is 5.32 Å². The molecule has 3 nitrogen and oxygen atoms in total. The van der Waals surface area contributed by atoms with Crippen LogP contribution in [0.3, 0.4) is 0 Å². The molecule has 0 heterocycles. The Kier molecular flexibility index (Phi) is 5.69. The minimum Gasteiger partial charge on any atom is -0.350 e. The fourth-order valence-corrected chi connectivity index (χ4v) is 2.26. The number of hydrogen-bond donors (Lipinski definition) is 2. The zero-order valence-electron chi connectivity index (χ0n) is 12.7. The van der Waals surface area contributed by atoms with Crippen molar-refractivity contribution >= 4 is 5.91 Å². The molecule has 0 spiro atoms. The van der Waals surface area contributed by atoms with Crippen molar-refractivity contribution < 1.29 is 9.18 Å². The van der Waals surface area contributed by atoms with Gasteiger partial charge in [0.2, 0.25) is 5.91 Å². The van der Waals surface area contributed by atoms with Gasteiger partial charge in [0, 0.05) is 12.5 Å². The van der Waals surface area contributed by atoms with Gasteiger partial charge in [0.25, 0.3) is 0 Å². The van der Waals surface area contributed by atoms with Gasteiger partial charge in [-0.05, 0) is 36.5 Å². The molecule has 20 heavy (non-hydrogen) atoms. The summed E-state index contributed by atoms with van der Waals surface area (Å²) >= 11 is 0. The fourth-order valence-electron chi connectivity index (χ4n) is 2.26. The predicted molar refractivity (Wildman–Crippen MR) is 79.6 cm³/mol. The molecule has 1 aromatic carbocycles. The van der Waals surface area contributed by atoms with Crippen LogP contribution in [0.1, 0.15) is 52.1 Å². The van der Waals surface area contributed by atoms with Gasteiger partial charge in [-0.1, -0.05) is 32.9 Å². The van der Waals surface area contributed by atoms with Crippen molar-refractivity contribution in [3.8, 4) is 0 Å². The van der Waals surface area contributed by atoms with Gasteiger partial charge in [0.15, 0.2) is 0 Å². The Morgan fingerprint density at radius 3 is 2.60 bits per heavy atom. The molecule has 1 unspecified atom stereocenters. The standard InChI is InChI=1S/C16H25FN2O/c1-11(12-6-5-7-13(17)8-12)19-15(20)9-14(18)10-16(2,3)4/h5-8,11,14H,9-10,18H2,1-4H3,(H,19,20)/t11-,14?/m1/s1. The van der Waals surface area contributed by atoms with Crippen LogP contribution >= 0.6 is 0 Å². The van der Waals surface area contributed by atoms with E-state index in [1.54, 1.807) is 12.1 Å². The molecule has 0 aromatic heterocycles. The van der Waals surface area contributed by atoms with Gasteiger partial charge < -0.3 is 11.1 Å². The molecule has 0 radical (unpaired) electrons. The van der Waals surface area contributed by atoms with E-state index in [1.807, 2.05) is 6.92 Å². The first kappa shape index (κ1) is 16.6. The molecule has 0 bridgehead atoms. The molecule has 0 saturated carbocycles. The molecular formula is C16H25FN2O. The third-order valence-electron chi connectivity index (χ3n) is 3.05. The number of nitrogens with two attached hydrogens (primary N) is 1. The minimum absolute atomic E-state index is 0.0986. The van der Waals surface area contributed by atoms with Crippen molar-refractivity contribution in [2.24, 2.45) is 11.1 Å². The summed E-state index contributed by atoms with van der Waals surface area (Å²) < 4.78 is 13.1. The van der Waals surface area contributed by atoms with Crippen molar-refractivity contribution in [2.75, 3.05) is 0 Å². The summed E-state index contributed by atoms with van der Waals surface area (Å²) in [6.45, 7) is 8.13. The Balaban J connectivity index is 2.50. The summed E-state index contributed by atoms with van der Waals surface area (Å²) in [4.78, 5) is 11.9. The summed E-state index contributed by atoms with van der Waals surface area (Å²) in [5, 5.41) is 2.85. The number of carbonyl (C=O) groups is 1. The molecule has 3 N–H and O–H groups in total. The number of nitrogens with one attached hydrogen (secondary N) is 1. The van der Waals surface area contributed by atoms with E-state index < -0.39 is 0 Å². The first-order valence-corrected chi connectivity index (χ1v) is 6.98. The molecule has 0 aliphatic rings. The highest BCUT2D eigenvalue weighted by Crippen LogP contribution is 2.21. The lowest BCUT2D eigenvalue weighted by Gasteiger charge is -2.23. The maximum Gasteiger partial charge on any atom is 0.222 e. The highest BCUT2D eigenvalue weighted by Gasteiger charge is 2.19. The number of benzene rings is 1. The maximum absolute atomic E-state index is 13.1. The molecule has 1 aromatic rings. The van der Waals surface area contributed by atoms with Crippen LogP contribution < -0.4 is 11.1 Å². The van der Waals surface area contributed by atoms with E-state index in [4.69, 9.17) is 5.73 Å². The third kappa shape index (κ3) is 6.15.